The third kappa shape index (κ3) is 4.40. The number of hydrogen-bond donors (Lipinski definition) is 1. The molecular formula is C20H16N4S. The average Bonchev–Trinajstić information content (AvgIpc) is 3.15. The fourth-order valence-electron chi connectivity index (χ4n) is 2.26. The summed E-state index contributed by atoms with van der Waals surface area (Å²) in [5.74, 6) is 5.94. The van der Waals surface area contributed by atoms with E-state index in [0.717, 1.165) is 22.5 Å². The van der Waals surface area contributed by atoms with Gasteiger partial charge in [0.2, 0.25) is 0 Å². The summed E-state index contributed by atoms with van der Waals surface area (Å²) >= 11 is 4.96. The quantitative estimate of drug-likeness (QED) is 0.581. The molecule has 0 fully saturated rings. The molecule has 0 unspecified atom stereocenters. The third-order valence-corrected chi connectivity index (χ3v) is 3.46. The van der Waals surface area contributed by atoms with Crippen LogP contribution in [0, 0.1) is 11.8 Å². The predicted octanol–water partition coefficient (Wildman–Crippen LogP) is 3.74. The lowest BCUT2D eigenvalue weighted by molar-refractivity contribution is 0.881. The normalized spacial score (nSPS) is 9.80. The molecular weight excluding hydrogens is 328 g/mol. The van der Waals surface area contributed by atoms with Gasteiger partial charge in [0.25, 0.3) is 0 Å². The van der Waals surface area contributed by atoms with E-state index in [4.69, 9.17) is 12.2 Å². The maximum atomic E-state index is 4.96. The fourth-order valence-corrected chi connectivity index (χ4v) is 2.38. The van der Waals surface area contributed by atoms with Gasteiger partial charge in [0.15, 0.2) is 0 Å². The van der Waals surface area contributed by atoms with E-state index >= 15 is 0 Å². The first-order chi connectivity index (χ1) is 12.1. The van der Waals surface area contributed by atoms with Crippen LogP contribution in [0.25, 0.3) is 16.9 Å². The zero-order valence-corrected chi connectivity index (χ0v) is 14.5. The number of thiocarbonyl (C=S) groups is 1. The van der Waals surface area contributed by atoms with Crippen LogP contribution in [0.4, 0.5) is 0 Å². The second-order valence-corrected chi connectivity index (χ2v) is 5.96. The monoisotopic (exact) mass is 344 g/mol. The summed E-state index contributed by atoms with van der Waals surface area (Å²) in [5.41, 5.74) is 4.28. The number of hydrogen-bond acceptors (Lipinski definition) is 3. The molecule has 1 N–H and O–H groups in total. The number of rotatable bonds is 3. The van der Waals surface area contributed by atoms with E-state index in [-0.39, 0.29) is 0 Å². The van der Waals surface area contributed by atoms with E-state index in [1.165, 1.54) is 0 Å². The molecule has 0 aliphatic heterocycles. The number of allylic oxidation sites excluding steroid dienone is 1. The summed E-state index contributed by atoms with van der Waals surface area (Å²) in [6, 6.07) is 13.9. The van der Waals surface area contributed by atoms with Crippen LogP contribution in [0.15, 0.2) is 73.3 Å². The highest BCUT2D eigenvalue weighted by molar-refractivity contribution is 7.80. The van der Waals surface area contributed by atoms with Gasteiger partial charge in [0, 0.05) is 29.7 Å². The van der Waals surface area contributed by atoms with Crippen molar-refractivity contribution in [2.45, 2.75) is 6.92 Å². The molecule has 3 rings (SSSR count). The zero-order chi connectivity index (χ0) is 17.6. The van der Waals surface area contributed by atoms with Crippen molar-refractivity contribution < 1.29 is 0 Å². The van der Waals surface area contributed by atoms with Gasteiger partial charge in [0.05, 0.1) is 22.1 Å². The Kier molecular flexibility index (Phi) is 5.03. The molecule has 0 amide bonds. The molecule has 25 heavy (non-hydrogen) atoms. The lowest BCUT2D eigenvalue weighted by Crippen LogP contribution is -2.15. The van der Waals surface area contributed by atoms with Gasteiger partial charge in [-0.3, -0.25) is 4.98 Å². The Morgan fingerprint density at radius 2 is 2.12 bits per heavy atom. The van der Waals surface area contributed by atoms with Gasteiger partial charge in [0.1, 0.15) is 0 Å². The van der Waals surface area contributed by atoms with Gasteiger partial charge in [-0.2, -0.15) is 5.10 Å². The minimum Gasteiger partial charge on any atom is -0.344 e. The van der Waals surface area contributed by atoms with E-state index in [9.17, 15) is 0 Å². The van der Waals surface area contributed by atoms with Crippen LogP contribution in [-0.4, -0.2) is 19.8 Å². The Morgan fingerprint density at radius 3 is 2.80 bits per heavy atom. The van der Waals surface area contributed by atoms with E-state index in [1.807, 2.05) is 47.3 Å². The summed E-state index contributed by atoms with van der Waals surface area (Å²) < 4.78 is 1.82. The van der Waals surface area contributed by atoms with Crippen molar-refractivity contribution in [2.24, 2.45) is 0 Å². The molecule has 0 atom stereocenters. The zero-order valence-electron chi connectivity index (χ0n) is 13.7. The van der Waals surface area contributed by atoms with Gasteiger partial charge in [-0.1, -0.05) is 36.8 Å². The topological polar surface area (TPSA) is 42.7 Å². The highest BCUT2D eigenvalue weighted by Gasteiger charge is 2.02. The Morgan fingerprint density at radius 1 is 1.24 bits per heavy atom. The molecule has 0 radical (unpaired) electrons. The van der Waals surface area contributed by atoms with Gasteiger partial charge < -0.3 is 5.32 Å². The molecule has 2 aromatic heterocycles. The van der Waals surface area contributed by atoms with Crippen LogP contribution >= 0.6 is 12.2 Å². The number of nitrogens with one attached hydrogen (secondary N) is 1. The number of pyridine rings is 1. The van der Waals surface area contributed by atoms with E-state index in [2.05, 4.69) is 39.9 Å². The van der Waals surface area contributed by atoms with Crippen LogP contribution in [-0.2, 0) is 0 Å². The summed E-state index contributed by atoms with van der Waals surface area (Å²) in [4.78, 5) is 5.15. The Labute approximate surface area is 152 Å². The van der Waals surface area contributed by atoms with Crippen molar-refractivity contribution in [1.82, 2.24) is 20.1 Å². The summed E-state index contributed by atoms with van der Waals surface area (Å²) in [7, 11) is 0. The minimum atomic E-state index is 0.573. The molecule has 0 spiro atoms. The van der Waals surface area contributed by atoms with E-state index in [0.29, 0.717) is 10.7 Å². The number of benzene rings is 1. The van der Waals surface area contributed by atoms with E-state index in [1.54, 1.807) is 19.3 Å². The highest BCUT2D eigenvalue weighted by atomic mass is 32.1. The summed E-state index contributed by atoms with van der Waals surface area (Å²) in [6.45, 7) is 5.60. The lowest BCUT2D eigenvalue weighted by atomic mass is 10.1. The minimum absolute atomic E-state index is 0.573. The lowest BCUT2D eigenvalue weighted by Gasteiger charge is -2.05. The molecule has 0 aliphatic carbocycles. The average molecular weight is 344 g/mol. The van der Waals surface area contributed by atoms with Gasteiger partial charge in [-0.15, -0.1) is 0 Å². The second kappa shape index (κ2) is 7.56. The van der Waals surface area contributed by atoms with Crippen molar-refractivity contribution >= 4 is 17.2 Å². The molecule has 3 aromatic rings. The number of aromatic nitrogens is 3. The van der Waals surface area contributed by atoms with Crippen LogP contribution in [0.3, 0.4) is 0 Å². The maximum absolute atomic E-state index is 4.96. The molecule has 0 saturated heterocycles. The predicted molar refractivity (Wildman–Crippen MR) is 104 cm³/mol. The molecule has 4 nitrogen and oxygen atoms in total. The highest BCUT2D eigenvalue weighted by Crippen LogP contribution is 2.20. The smallest absolute Gasteiger partial charge is 0.0831 e. The molecule has 5 heteroatoms. The largest absolute Gasteiger partial charge is 0.344 e. The van der Waals surface area contributed by atoms with Crippen molar-refractivity contribution in [1.29, 1.82) is 0 Å². The fraction of sp³-hybridized carbons (Fsp3) is 0.0500. The Bertz CT molecular complexity index is 961. The van der Waals surface area contributed by atoms with Crippen LogP contribution in [0.5, 0.6) is 0 Å². The van der Waals surface area contributed by atoms with Gasteiger partial charge in [-0.25, -0.2) is 4.68 Å². The molecule has 0 saturated carbocycles. The van der Waals surface area contributed by atoms with Crippen LogP contribution in [0.1, 0.15) is 12.5 Å². The standard InChI is InChI=1S/C20H16N4S/c1-15(23-16(2)25)7-8-17-9-10-20(21-14-17)18-5-3-6-19(13-18)24-12-4-11-22-24/h3-6,9-14H,1H2,2H3,(H,23,25). The first-order valence-electron chi connectivity index (χ1n) is 7.67. The SMILES string of the molecule is C=C(C#Cc1ccc(-c2cccc(-n3cccn3)c2)nc1)NC(C)=S. The van der Waals surface area contributed by atoms with Gasteiger partial charge >= 0.3 is 0 Å². The van der Waals surface area contributed by atoms with Crippen LogP contribution < -0.4 is 5.32 Å². The van der Waals surface area contributed by atoms with Crippen molar-refractivity contribution in [3.05, 3.63) is 78.9 Å². The Balaban J connectivity index is 1.79. The van der Waals surface area contributed by atoms with Gasteiger partial charge in [-0.05, 0) is 43.2 Å². The first kappa shape index (κ1) is 16.6. The Hall–Kier alpha value is -3.23. The summed E-state index contributed by atoms with van der Waals surface area (Å²) in [5, 5.41) is 7.16. The van der Waals surface area contributed by atoms with Crippen molar-refractivity contribution in [3.63, 3.8) is 0 Å². The first-order valence-corrected chi connectivity index (χ1v) is 8.08. The van der Waals surface area contributed by atoms with Crippen molar-refractivity contribution in [3.8, 4) is 28.8 Å². The molecule has 0 aliphatic rings. The molecule has 2 heterocycles. The molecule has 1 aromatic carbocycles. The molecule has 0 bridgehead atoms. The second-order valence-electron chi connectivity index (χ2n) is 5.34. The number of nitrogens with zero attached hydrogens (tertiary/aromatic N) is 3. The summed E-state index contributed by atoms with van der Waals surface area (Å²) in [6.07, 6.45) is 5.42. The third-order valence-electron chi connectivity index (χ3n) is 3.36. The maximum Gasteiger partial charge on any atom is 0.0831 e. The van der Waals surface area contributed by atoms with Crippen LogP contribution in [0.2, 0.25) is 0 Å². The molecule has 122 valence electrons. The van der Waals surface area contributed by atoms with E-state index < -0.39 is 0 Å². The van der Waals surface area contributed by atoms with Crippen molar-refractivity contribution in [2.75, 3.05) is 0 Å².